The molecule has 1 saturated heterocycles. The Morgan fingerprint density at radius 2 is 1.95 bits per heavy atom. The van der Waals surface area contributed by atoms with E-state index in [1.54, 1.807) is 11.7 Å². The van der Waals surface area contributed by atoms with Crippen molar-refractivity contribution in [2.45, 2.75) is 52.4 Å². The van der Waals surface area contributed by atoms with Crippen LogP contribution in [-0.4, -0.2) is 28.1 Å². The van der Waals surface area contributed by atoms with Gasteiger partial charge in [0.1, 0.15) is 0 Å². The van der Waals surface area contributed by atoms with E-state index < -0.39 is 0 Å². The third-order valence-corrected chi connectivity index (χ3v) is 4.15. The summed E-state index contributed by atoms with van der Waals surface area (Å²) in [5.41, 5.74) is 2.89. The molecule has 0 saturated carbocycles. The van der Waals surface area contributed by atoms with Crippen LogP contribution in [0.15, 0.2) is 23.5 Å². The number of rotatable bonds is 3. The predicted octanol–water partition coefficient (Wildman–Crippen LogP) is 2.32. The molecule has 1 aliphatic heterocycles. The van der Waals surface area contributed by atoms with Gasteiger partial charge in [0.25, 0.3) is 0 Å². The summed E-state index contributed by atoms with van der Waals surface area (Å²) in [6.45, 7) is 10.8. The minimum absolute atomic E-state index is 0.328. The number of hydrogen-bond acceptors (Lipinski definition) is 3. The van der Waals surface area contributed by atoms with Gasteiger partial charge in [-0.3, -0.25) is 4.68 Å². The lowest BCUT2D eigenvalue weighted by Gasteiger charge is -2.32. The number of aromatic nitrogens is 2. The number of halogens is 1. The average Bonchev–Trinajstić information content (AvgIpc) is 2.82. The Morgan fingerprint density at radius 1 is 1.37 bits per heavy atom. The highest BCUT2D eigenvalue weighted by Gasteiger charge is 2.52. The van der Waals surface area contributed by atoms with Crippen molar-refractivity contribution in [1.82, 2.24) is 9.78 Å². The molecule has 1 aromatic rings. The number of nitrogens with zero attached hydrogens (tertiary/aromatic N) is 2. The highest BCUT2D eigenvalue weighted by Crippen LogP contribution is 2.36. The molecule has 0 aromatic carbocycles. The largest absolute Gasteiger partial charge is 0.498 e. The van der Waals surface area contributed by atoms with Gasteiger partial charge in [-0.2, -0.15) is 5.10 Å². The van der Waals surface area contributed by atoms with Gasteiger partial charge in [-0.1, -0.05) is 11.6 Å². The van der Waals surface area contributed by atoms with Crippen molar-refractivity contribution in [1.29, 1.82) is 0 Å². The second-order valence-corrected chi connectivity index (χ2v) is 6.23. The lowest BCUT2D eigenvalue weighted by atomic mass is 9.82. The summed E-state index contributed by atoms with van der Waals surface area (Å²) in [7, 11) is -0.362. The molecule has 0 bridgehead atoms. The number of allylic oxidation sites excluding steroid dienone is 1. The molecule has 0 atom stereocenters. The van der Waals surface area contributed by atoms with Crippen LogP contribution in [0.1, 0.15) is 34.6 Å². The van der Waals surface area contributed by atoms with Crippen molar-refractivity contribution < 1.29 is 9.31 Å². The van der Waals surface area contributed by atoms with Crippen LogP contribution in [0.4, 0.5) is 0 Å². The van der Waals surface area contributed by atoms with Crippen molar-refractivity contribution in [3.63, 3.8) is 0 Å². The molecule has 1 fully saturated rings. The Hall–Kier alpha value is -0.775. The van der Waals surface area contributed by atoms with Crippen LogP contribution in [0.5, 0.6) is 0 Å². The van der Waals surface area contributed by atoms with Gasteiger partial charge in [-0.15, -0.1) is 0 Å². The third kappa shape index (κ3) is 2.88. The van der Waals surface area contributed by atoms with Crippen molar-refractivity contribution in [3.8, 4) is 0 Å². The fourth-order valence-corrected chi connectivity index (χ4v) is 1.93. The van der Waals surface area contributed by atoms with Crippen LogP contribution >= 0.6 is 11.6 Å². The summed E-state index contributed by atoms with van der Waals surface area (Å²) in [5.74, 6) is 0. The molecule has 2 rings (SSSR count). The zero-order valence-corrected chi connectivity index (χ0v) is 12.9. The molecule has 0 radical (unpaired) electrons. The quantitative estimate of drug-likeness (QED) is 0.798. The van der Waals surface area contributed by atoms with E-state index in [1.165, 1.54) is 0 Å². The Bertz CT molecular complexity index is 481. The summed E-state index contributed by atoms with van der Waals surface area (Å²) in [6, 6.07) is 0. The summed E-state index contributed by atoms with van der Waals surface area (Å²) < 4.78 is 13.8. The summed E-state index contributed by atoms with van der Waals surface area (Å²) in [4.78, 5) is 0. The molecule has 4 nitrogen and oxygen atoms in total. The highest BCUT2D eigenvalue weighted by atomic mass is 35.5. The molecular formula is C13H20BClN2O2. The van der Waals surface area contributed by atoms with Crippen LogP contribution in [0.2, 0.25) is 0 Å². The maximum Gasteiger partial charge on any atom is 0.498 e. The van der Waals surface area contributed by atoms with Crippen molar-refractivity contribution in [2.24, 2.45) is 0 Å². The molecule has 2 heterocycles. The van der Waals surface area contributed by atoms with Crippen molar-refractivity contribution >= 4 is 24.2 Å². The Morgan fingerprint density at radius 3 is 2.47 bits per heavy atom. The first-order valence-corrected chi connectivity index (χ1v) is 6.83. The Kier molecular flexibility index (Phi) is 3.82. The molecule has 0 N–H and O–H groups in total. The van der Waals surface area contributed by atoms with Crippen LogP contribution in [0.3, 0.4) is 0 Å². The molecule has 6 heteroatoms. The molecule has 0 amide bonds. The first kappa shape index (κ1) is 14.6. The number of hydrogen-bond donors (Lipinski definition) is 0. The van der Waals surface area contributed by atoms with Gasteiger partial charge in [0.2, 0.25) is 0 Å². The minimum Gasteiger partial charge on any atom is -0.399 e. The van der Waals surface area contributed by atoms with Gasteiger partial charge in [0, 0.05) is 23.4 Å². The maximum atomic E-state index is 5.98. The minimum atomic E-state index is -0.362. The lowest BCUT2D eigenvalue weighted by molar-refractivity contribution is 0.00578. The molecule has 19 heavy (non-hydrogen) atoms. The fraction of sp³-hybridized carbons (Fsp3) is 0.615. The van der Waals surface area contributed by atoms with Crippen molar-refractivity contribution in [2.75, 3.05) is 0 Å². The summed E-state index contributed by atoms with van der Waals surface area (Å²) in [6.07, 6.45) is 3.72. The fourth-order valence-electron chi connectivity index (χ4n) is 1.86. The van der Waals surface area contributed by atoms with Crippen LogP contribution in [0, 0.1) is 0 Å². The predicted molar refractivity (Wildman–Crippen MR) is 77.6 cm³/mol. The third-order valence-electron chi connectivity index (χ3n) is 3.78. The van der Waals surface area contributed by atoms with Crippen molar-refractivity contribution in [3.05, 3.63) is 23.5 Å². The topological polar surface area (TPSA) is 36.3 Å². The standard InChI is InChI=1S/C13H20BClN2O2/c1-10(6-15)8-17-9-11(7-16-17)14-18-12(2,3)13(4,5)19-14/h6-7,9H,8H2,1-5H3/b10-6-. The van der Waals surface area contributed by atoms with Gasteiger partial charge in [0.15, 0.2) is 0 Å². The Labute approximate surface area is 119 Å². The SMILES string of the molecule is C/C(=C/Cl)Cn1cc(B2OC(C)(C)C(C)(C)O2)cn1. The second kappa shape index (κ2) is 4.96. The molecule has 0 aliphatic carbocycles. The summed E-state index contributed by atoms with van der Waals surface area (Å²) in [5, 5.41) is 4.30. The van der Waals surface area contributed by atoms with Gasteiger partial charge in [0.05, 0.1) is 17.7 Å². The zero-order valence-electron chi connectivity index (χ0n) is 12.1. The van der Waals surface area contributed by atoms with E-state index in [9.17, 15) is 0 Å². The maximum absolute atomic E-state index is 5.98. The van der Waals surface area contributed by atoms with Gasteiger partial charge >= 0.3 is 7.12 Å². The summed E-state index contributed by atoms with van der Waals surface area (Å²) >= 11 is 5.66. The van der Waals surface area contributed by atoms with E-state index in [4.69, 9.17) is 20.9 Å². The molecule has 104 valence electrons. The van der Waals surface area contributed by atoms with Gasteiger partial charge < -0.3 is 9.31 Å². The first-order valence-electron chi connectivity index (χ1n) is 6.39. The van der Waals surface area contributed by atoms with Crippen LogP contribution < -0.4 is 5.46 Å². The van der Waals surface area contributed by atoms with Gasteiger partial charge in [-0.05, 0) is 40.2 Å². The first-order chi connectivity index (χ1) is 8.75. The van der Waals surface area contributed by atoms with Crippen LogP contribution in [0.25, 0.3) is 0 Å². The molecular weight excluding hydrogens is 262 g/mol. The Balaban J connectivity index is 2.13. The molecule has 1 aliphatic rings. The lowest BCUT2D eigenvalue weighted by Crippen LogP contribution is -2.41. The molecule has 1 aromatic heterocycles. The molecule has 0 spiro atoms. The van der Waals surface area contributed by atoms with E-state index in [-0.39, 0.29) is 18.3 Å². The molecule has 0 unspecified atom stereocenters. The van der Waals surface area contributed by atoms with E-state index in [0.717, 1.165) is 11.0 Å². The van der Waals surface area contributed by atoms with E-state index in [1.807, 2.05) is 45.5 Å². The zero-order chi connectivity index (χ0) is 14.3. The van der Waals surface area contributed by atoms with Gasteiger partial charge in [-0.25, -0.2) is 0 Å². The second-order valence-electron chi connectivity index (χ2n) is 6.01. The van der Waals surface area contributed by atoms with E-state index in [2.05, 4.69) is 5.10 Å². The highest BCUT2D eigenvalue weighted by molar-refractivity contribution is 6.61. The smallest absolute Gasteiger partial charge is 0.399 e. The van der Waals surface area contributed by atoms with Crippen LogP contribution in [-0.2, 0) is 15.9 Å². The van der Waals surface area contributed by atoms with E-state index in [0.29, 0.717) is 6.54 Å². The average molecular weight is 283 g/mol. The monoisotopic (exact) mass is 282 g/mol. The van der Waals surface area contributed by atoms with E-state index >= 15 is 0 Å². The normalized spacial score (nSPS) is 22.0.